The first-order valence-corrected chi connectivity index (χ1v) is 9.79. The van der Waals surface area contributed by atoms with Crippen LogP contribution in [0.15, 0.2) is 24.3 Å². The molecule has 4 nitrogen and oxygen atoms in total. The fourth-order valence-corrected chi connectivity index (χ4v) is 3.94. The first-order chi connectivity index (χ1) is 11.8. The van der Waals surface area contributed by atoms with E-state index in [1.54, 1.807) is 0 Å². The van der Waals surface area contributed by atoms with E-state index >= 15 is 0 Å². The maximum absolute atomic E-state index is 12.2. The van der Waals surface area contributed by atoms with E-state index in [-0.39, 0.29) is 5.91 Å². The first-order valence-electron chi connectivity index (χ1n) is 9.79. The normalized spacial score (nSPS) is 19.8. The zero-order valence-corrected chi connectivity index (χ0v) is 14.8. The Morgan fingerprint density at radius 3 is 2.25 bits per heavy atom. The molecule has 1 aliphatic carbocycles. The Morgan fingerprint density at radius 2 is 1.58 bits per heavy atom. The topological polar surface area (TPSA) is 49.0 Å². The summed E-state index contributed by atoms with van der Waals surface area (Å²) in [6.07, 6.45) is 11.8. The van der Waals surface area contributed by atoms with Crippen LogP contribution in [0.1, 0.15) is 57.8 Å². The maximum Gasteiger partial charge on any atom is 0.279 e. The van der Waals surface area contributed by atoms with Crippen LogP contribution in [-0.2, 0) is 4.79 Å². The molecule has 132 valence electrons. The number of amides is 1. The lowest BCUT2D eigenvalue weighted by Gasteiger charge is -2.28. The van der Waals surface area contributed by atoms with E-state index in [9.17, 15) is 4.79 Å². The molecule has 4 heteroatoms. The summed E-state index contributed by atoms with van der Waals surface area (Å²) in [5.41, 5.74) is 2.19. The second-order valence-corrected chi connectivity index (χ2v) is 7.33. The number of carbonyl (C=O) groups is 1. The predicted octanol–water partition coefficient (Wildman–Crippen LogP) is 2.90. The summed E-state index contributed by atoms with van der Waals surface area (Å²) < 4.78 is 0. The Kier molecular flexibility index (Phi) is 6.53. The molecular formula is C20H32N3O+. The quantitative estimate of drug-likeness (QED) is 0.816. The third kappa shape index (κ3) is 5.23. The van der Waals surface area contributed by atoms with Gasteiger partial charge >= 0.3 is 0 Å². The van der Waals surface area contributed by atoms with Crippen molar-refractivity contribution >= 4 is 17.3 Å². The van der Waals surface area contributed by atoms with Crippen molar-refractivity contribution in [2.45, 2.75) is 63.8 Å². The summed E-state index contributed by atoms with van der Waals surface area (Å²) in [6.45, 7) is 2.85. The van der Waals surface area contributed by atoms with E-state index < -0.39 is 0 Å². The summed E-state index contributed by atoms with van der Waals surface area (Å²) >= 11 is 0. The highest BCUT2D eigenvalue weighted by molar-refractivity contribution is 5.91. The number of hydrogen-bond acceptors (Lipinski definition) is 2. The SMILES string of the molecule is O=C(C[NH2+]C1CCCCCC1)Nc1ccc(N2CCCCC2)cc1. The number of rotatable bonds is 5. The number of hydrogen-bond donors (Lipinski definition) is 2. The molecule has 1 saturated heterocycles. The summed E-state index contributed by atoms with van der Waals surface area (Å²) in [7, 11) is 0. The van der Waals surface area contributed by atoms with E-state index in [0.29, 0.717) is 12.6 Å². The second-order valence-electron chi connectivity index (χ2n) is 7.33. The summed E-state index contributed by atoms with van der Waals surface area (Å²) in [5.74, 6) is 0.116. The fraction of sp³-hybridized carbons (Fsp3) is 0.650. The van der Waals surface area contributed by atoms with Crippen LogP contribution in [0.3, 0.4) is 0 Å². The van der Waals surface area contributed by atoms with Crippen LogP contribution in [-0.4, -0.2) is 31.6 Å². The number of carbonyl (C=O) groups excluding carboxylic acids is 1. The van der Waals surface area contributed by atoms with E-state index in [1.165, 1.54) is 63.5 Å². The second kappa shape index (κ2) is 9.07. The minimum atomic E-state index is 0.116. The zero-order chi connectivity index (χ0) is 16.6. The van der Waals surface area contributed by atoms with Gasteiger partial charge in [-0.25, -0.2) is 0 Å². The summed E-state index contributed by atoms with van der Waals surface area (Å²) in [4.78, 5) is 14.6. The van der Waals surface area contributed by atoms with Gasteiger partial charge in [0.2, 0.25) is 0 Å². The summed E-state index contributed by atoms with van der Waals surface area (Å²) in [5, 5.41) is 5.28. The van der Waals surface area contributed by atoms with Gasteiger partial charge in [-0.15, -0.1) is 0 Å². The largest absolute Gasteiger partial charge is 0.372 e. The maximum atomic E-state index is 12.2. The molecule has 2 fully saturated rings. The number of quaternary nitrogens is 1. The minimum absolute atomic E-state index is 0.116. The smallest absolute Gasteiger partial charge is 0.279 e. The van der Waals surface area contributed by atoms with Gasteiger partial charge < -0.3 is 15.5 Å². The lowest BCUT2D eigenvalue weighted by atomic mass is 10.1. The molecule has 1 aromatic rings. The summed E-state index contributed by atoms with van der Waals surface area (Å²) in [6, 6.07) is 8.98. The lowest BCUT2D eigenvalue weighted by Crippen LogP contribution is -2.91. The Bertz CT molecular complexity index is 500. The lowest BCUT2D eigenvalue weighted by molar-refractivity contribution is -0.680. The standard InChI is InChI=1S/C20H31N3O/c24-20(16-21-17-8-4-1-2-5-9-17)22-18-10-12-19(13-11-18)23-14-6-3-7-15-23/h10-13,17,21H,1-9,14-16H2,(H,22,24)/p+1. The molecule has 2 aliphatic rings. The Morgan fingerprint density at radius 1 is 0.958 bits per heavy atom. The van der Waals surface area contributed by atoms with Gasteiger partial charge in [-0.2, -0.15) is 0 Å². The molecule has 0 unspecified atom stereocenters. The van der Waals surface area contributed by atoms with Crippen LogP contribution in [0.5, 0.6) is 0 Å². The molecule has 1 aromatic carbocycles. The van der Waals surface area contributed by atoms with Crippen molar-refractivity contribution in [1.29, 1.82) is 0 Å². The molecule has 0 atom stereocenters. The third-order valence-corrected chi connectivity index (χ3v) is 5.41. The van der Waals surface area contributed by atoms with E-state index in [2.05, 4.69) is 27.7 Å². The van der Waals surface area contributed by atoms with Gasteiger partial charge in [-0.1, -0.05) is 12.8 Å². The molecule has 1 amide bonds. The van der Waals surface area contributed by atoms with Gasteiger partial charge in [0, 0.05) is 24.5 Å². The van der Waals surface area contributed by atoms with Crippen LogP contribution < -0.4 is 15.5 Å². The molecular weight excluding hydrogens is 298 g/mol. The van der Waals surface area contributed by atoms with Crippen LogP contribution in [0.2, 0.25) is 0 Å². The van der Waals surface area contributed by atoms with Crippen molar-refractivity contribution in [3.8, 4) is 0 Å². The Balaban J connectivity index is 1.43. The average molecular weight is 330 g/mol. The van der Waals surface area contributed by atoms with Crippen molar-refractivity contribution in [2.75, 3.05) is 29.9 Å². The third-order valence-electron chi connectivity index (χ3n) is 5.41. The highest BCUT2D eigenvalue weighted by Gasteiger charge is 2.16. The van der Waals surface area contributed by atoms with Gasteiger partial charge in [0.15, 0.2) is 6.54 Å². The van der Waals surface area contributed by atoms with E-state index in [0.717, 1.165) is 18.8 Å². The highest BCUT2D eigenvalue weighted by Crippen LogP contribution is 2.21. The van der Waals surface area contributed by atoms with Gasteiger partial charge in [0.25, 0.3) is 5.91 Å². The van der Waals surface area contributed by atoms with Crippen molar-refractivity contribution in [2.24, 2.45) is 0 Å². The molecule has 0 spiro atoms. The van der Waals surface area contributed by atoms with Crippen LogP contribution >= 0.6 is 0 Å². The molecule has 0 bridgehead atoms. The van der Waals surface area contributed by atoms with E-state index in [4.69, 9.17) is 0 Å². The molecule has 3 N–H and O–H groups in total. The van der Waals surface area contributed by atoms with Crippen molar-refractivity contribution < 1.29 is 10.1 Å². The van der Waals surface area contributed by atoms with Crippen molar-refractivity contribution in [1.82, 2.24) is 0 Å². The Hall–Kier alpha value is -1.55. The Labute approximate surface area is 146 Å². The van der Waals surface area contributed by atoms with Crippen LogP contribution in [0.4, 0.5) is 11.4 Å². The number of anilines is 2. The van der Waals surface area contributed by atoms with Crippen LogP contribution in [0, 0.1) is 0 Å². The number of nitrogens with two attached hydrogens (primary N) is 1. The van der Waals surface area contributed by atoms with Gasteiger partial charge in [-0.05, 0) is 69.2 Å². The average Bonchev–Trinajstić information content (AvgIpc) is 2.90. The highest BCUT2D eigenvalue weighted by atomic mass is 16.1. The van der Waals surface area contributed by atoms with Crippen LogP contribution in [0.25, 0.3) is 0 Å². The fourth-order valence-electron chi connectivity index (χ4n) is 3.94. The first kappa shape index (κ1) is 17.3. The monoisotopic (exact) mass is 330 g/mol. The molecule has 24 heavy (non-hydrogen) atoms. The van der Waals surface area contributed by atoms with Crippen molar-refractivity contribution in [3.63, 3.8) is 0 Å². The van der Waals surface area contributed by atoms with Crippen molar-refractivity contribution in [3.05, 3.63) is 24.3 Å². The molecule has 1 saturated carbocycles. The number of benzene rings is 1. The molecule has 1 aliphatic heterocycles. The number of nitrogens with one attached hydrogen (secondary N) is 1. The molecule has 0 radical (unpaired) electrons. The zero-order valence-electron chi connectivity index (χ0n) is 14.8. The molecule has 0 aromatic heterocycles. The molecule has 3 rings (SSSR count). The van der Waals surface area contributed by atoms with Gasteiger partial charge in [-0.3, -0.25) is 4.79 Å². The van der Waals surface area contributed by atoms with E-state index in [1.807, 2.05) is 12.1 Å². The number of nitrogens with zero attached hydrogens (tertiary/aromatic N) is 1. The van der Waals surface area contributed by atoms with Gasteiger partial charge in [0.1, 0.15) is 0 Å². The minimum Gasteiger partial charge on any atom is -0.372 e. The molecule has 1 heterocycles. The van der Waals surface area contributed by atoms with Gasteiger partial charge in [0.05, 0.1) is 6.04 Å². The predicted molar refractivity (Wildman–Crippen MR) is 99.4 cm³/mol. The number of piperidine rings is 1.